The first-order valence-electron chi connectivity index (χ1n) is 6.18. The van der Waals surface area contributed by atoms with Gasteiger partial charge in [-0.25, -0.2) is 0 Å². The van der Waals surface area contributed by atoms with Crippen LogP contribution in [0, 0.1) is 17.3 Å². The molecule has 2 rings (SSSR count). The number of hydrogen-bond acceptors (Lipinski definition) is 3. The SMILES string of the molecule is CCO[C@@]1(C)OC[C@@H]2[C@@H]1CC(=O)CC2(C)C. The van der Waals surface area contributed by atoms with Crippen molar-refractivity contribution in [1.29, 1.82) is 0 Å². The zero-order valence-corrected chi connectivity index (χ0v) is 10.7. The summed E-state index contributed by atoms with van der Waals surface area (Å²) in [4.78, 5) is 11.8. The van der Waals surface area contributed by atoms with Crippen LogP contribution in [-0.2, 0) is 14.3 Å². The Bertz CT molecular complexity index is 298. The van der Waals surface area contributed by atoms with E-state index in [9.17, 15) is 4.79 Å². The molecular formula is C13H22O3. The highest BCUT2D eigenvalue weighted by molar-refractivity contribution is 5.80. The van der Waals surface area contributed by atoms with Crippen LogP contribution in [-0.4, -0.2) is 24.8 Å². The second-order valence-electron chi connectivity index (χ2n) is 5.88. The lowest BCUT2D eigenvalue weighted by Crippen LogP contribution is -2.45. The highest BCUT2D eigenvalue weighted by Gasteiger charge is 2.55. The van der Waals surface area contributed by atoms with Gasteiger partial charge in [0.25, 0.3) is 0 Å². The molecule has 16 heavy (non-hydrogen) atoms. The Balaban J connectivity index is 2.24. The first kappa shape index (κ1) is 12.1. The van der Waals surface area contributed by atoms with Gasteiger partial charge < -0.3 is 9.47 Å². The fraction of sp³-hybridized carbons (Fsp3) is 0.923. The molecule has 0 aromatic rings. The maximum absolute atomic E-state index is 11.8. The number of carbonyl (C=O) groups is 1. The first-order chi connectivity index (χ1) is 7.39. The zero-order valence-electron chi connectivity index (χ0n) is 10.7. The van der Waals surface area contributed by atoms with Crippen molar-refractivity contribution in [3.63, 3.8) is 0 Å². The Hall–Kier alpha value is -0.410. The number of rotatable bonds is 2. The summed E-state index contributed by atoms with van der Waals surface area (Å²) in [6, 6.07) is 0. The largest absolute Gasteiger partial charge is 0.350 e. The molecule has 0 aromatic carbocycles. The van der Waals surface area contributed by atoms with Crippen LogP contribution in [0.2, 0.25) is 0 Å². The van der Waals surface area contributed by atoms with Crippen LogP contribution in [0.4, 0.5) is 0 Å². The molecule has 3 heteroatoms. The van der Waals surface area contributed by atoms with Gasteiger partial charge in [0, 0.05) is 25.4 Å². The van der Waals surface area contributed by atoms with Gasteiger partial charge in [0.05, 0.1) is 6.61 Å². The van der Waals surface area contributed by atoms with Crippen molar-refractivity contribution in [1.82, 2.24) is 0 Å². The molecule has 0 N–H and O–H groups in total. The molecule has 3 atom stereocenters. The van der Waals surface area contributed by atoms with Crippen molar-refractivity contribution >= 4 is 5.78 Å². The highest BCUT2D eigenvalue weighted by atomic mass is 16.7. The van der Waals surface area contributed by atoms with Crippen molar-refractivity contribution < 1.29 is 14.3 Å². The number of ketones is 1. The molecule has 92 valence electrons. The molecule has 0 unspecified atom stereocenters. The van der Waals surface area contributed by atoms with Crippen molar-refractivity contribution in [2.75, 3.05) is 13.2 Å². The van der Waals surface area contributed by atoms with Gasteiger partial charge in [-0.05, 0) is 25.2 Å². The molecule has 0 bridgehead atoms. The van der Waals surface area contributed by atoms with E-state index in [1.807, 2.05) is 13.8 Å². The molecule has 1 heterocycles. The van der Waals surface area contributed by atoms with Crippen molar-refractivity contribution in [2.45, 2.75) is 46.3 Å². The topological polar surface area (TPSA) is 35.5 Å². The predicted molar refractivity (Wildman–Crippen MR) is 61.0 cm³/mol. The zero-order chi connectivity index (χ0) is 12.0. The summed E-state index contributed by atoms with van der Waals surface area (Å²) in [5.74, 6) is 0.473. The molecule has 3 nitrogen and oxygen atoms in total. The van der Waals surface area contributed by atoms with Gasteiger partial charge in [0.2, 0.25) is 0 Å². The van der Waals surface area contributed by atoms with Crippen LogP contribution in [0.15, 0.2) is 0 Å². The van der Waals surface area contributed by atoms with Crippen LogP contribution in [0.3, 0.4) is 0 Å². The van der Waals surface area contributed by atoms with Crippen LogP contribution in [0.25, 0.3) is 0 Å². The van der Waals surface area contributed by atoms with Gasteiger partial charge in [-0.1, -0.05) is 13.8 Å². The second kappa shape index (κ2) is 3.81. The third-order valence-corrected chi connectivity index (χ3v) is 4.24. The molecule has 0 radical (unpaired) electrons. The molecule has 1 aliphatic heterocycles. The Morgan fingerprint density at radius 1 is 1.38 bits per heavy atom. The lowest BCUT2D eigenvalue weighted by Gasteiger charge is -2.42. The molecule has 0 amide bonds. The number of carbonyl (C=O) groups excluding carboxylic acids is 1. The smallest absolute Gasteiger partial charge is 0.169 e. The lowest BCUT2D eigenvalue weighted by molar-refractivity contribution is -0.218. The monoisotopic (exact) mass is 226 g/mol. The fourth-order valence-corrected chi connectivity index (χ4v) is 3.33. The van der Waals surface area contributed by atoms with Gasteiger partial charge in [0.15, 0.2) is 5.79 Å². The summed E-state index contributed by atoms with van der Waals surface area (Å²) in [5.41, 5.74) is 0.0505. The Kier molecular flexibility index (Phi) is 2.87. The minimum atomic E-state index is -0.549. The standard InChI is InChI=1S/C13H22O3/c1-5-15-13(4)10-6-9(14)7-12(2,3)11(10)8-16-13/h10-11H,5-8H2,1-4H3/t10-,11+,13-/m0/s1. The molecule has 2 aliphatic rings. The normalized spacial score (nSPS) is 42.1. The number of hydrogen-bond donors (Lipinski definition) is 0. The number of Topliss-reactive ketones (excluding diaryl/α,β-unsaturated/α-hetero) is 1. The number of ether oxygens (including phenoxy) is 2. The van der Waals surface area contributed by atoms with Gasteiger partial charge in [-0.15, -0.1) is 0 Å². The van der Waals surface area contributed by atoms with E-state index in [1.54, 1.807) is 0 Å². The maximum Gasteiger partial charge on any atom is 0.169 e. The molecule has 1 aliphatic carbocycles. The Morgan fingerprint density at radius 2 is 2.06 bits per heavy atom. The third kappa shape index (κ3) is 1.80. The van der Waals surface area contributed by atoms with Crippen LogP contribution in [0.1, 0.15) is 40.5 Å². The Morgan fingerprint density at radius 3 is 2.69 bits per heavy atom. The summed E-state index contributed by atoms with van der Waals surface area (Å²) in [6.45, 7) is 9.65. The molecule has 0 spiro atoms. The molecule has 1 saturated heterocycles. The van der Waals surface area contributed by atoms with Gasteiger partial charge >= 0.3 is 0 Å². The first-order valence-corrected chi connectivity index (χ1v) is 6.18. The summed E-state index contributed by atoms with van der Waals surface area (Å²) in [7, 11) is 0. The van der Waals surface area contributed by atoms with Gasteiger partial charge in [-0.3, -0.25) is 4.79 Å². The quantitative estimate of drug-likeness (QED) is 0.725. The molecule has 0 aromatic heterocycles. The lowest BCUT2D eigenvalue weighted by atomic mass is 9.63. The van der Waals surface area contributed by atoms with E-state index in [4.69, 9.17) is 9.47 Å². The van der Waals surface area contributed by atoms with E-state index in [1.165, 1.54) is 0 Å². The molecular weight excluding hydrogens is 204 g/mol. The summed E-state index contributed by atoms with van der Waals surface area (Å²) < 4.78 is 11.6. The average molecular weight is 226 g/mol. The third-order valence-electron chi connectivity index (χ3n) is 4.24. The van der Waals surface area contributed by atoms with Crippen LogP contribution >= 0.6 is 0 Å². The molecule has 2 fully saturated rings. The highest BCUT2D eigenvalue weighted by Crippen LogP contribution is 2.52. The summed E-state index contributed by atoms with van der Waals surface area (Å²) in [5, 5.41) is 0. The molecule has 1 saturated carbocycles. The number of fused-ring (bicyclic) bond motifs is 1. The second-order valence-corrected chi connectivity index (χ2v) is 5.88. The van der Waals surface area contributed by atoms with E-state index in [0.717, 1.165) is 6.61 Å². The van der Waals surface area contributed by atoms with E-state index in [-0.39, 0.29) is 11.3 Å². The minimum absolute atomic E-state index is 0.0505. The average Bonchev–Trinajstić information content (AvgIpc) is 2.44. The van der Waals surface area contributed by atoms with Crippen LogP contribution in [0.5, 0.6) is 0 Å². The van der Waals surface area contributed by atoms with Crippen molar-refractivity contribution in [3.8, 4) is 0 Å². The predicted octanol–water partition coefficient (Wildman–Crippen LogP) is 2.39. The summed E-state index contributed by atoms with van der Waals surface area (Å²) >= 11 is 0. The van der Waals surface area contributed by atoms with Gasteiger partial charge in [0.1, 0.15) is 5.78 Å². The van der Waals surface area contributed by atoms with Gasteiger partial charge in [-0.2, -0.15) is 0 Å². The van der Waals surface area contributed by atoms with Crippen LogP contribution < -0.4 is 0 Å². The minimum Gasteiger partial charge on any atom is -0.350 e. The maximum atomic E-state index is 11.8. The van der Waals surface area contributed by atoms with E-state index < -0.39 is 5.79 Å². The Labute approximate surface area is 97.5 Å². The fourth-order valence-electron chi connectivity index (χ4n) is 3.33. The van der Waals surface area contributed by atoms with E-state index in [2.05, 4.69) is 13.8 Å². The van der Waals surface area contributed by atoms with E-state index in [0.29, 0.717) is 31.1 Å². The summed E-state index contributed by atoms with van der Waals surface area (Å²) in [6.07, 6.45) is 1.30. The van der Waals surface area contributed by atoms with Crippen molar-refractivity contribution in [2.24, 2.45) is 17.3 Å². The van der Waals surface area contributed by atoms with E-state index >= 15 is 0 Å². The van der Waals surface area contributed by atoms with Crippen molar-refractivity contribution in [3.05, 3.63) is 0 Å².